The molecule has 0 saturated carbocycles. The number of hydrogen-bond acceptors (Lipinski definition) is 5. The Labute approximate surface area is 171 Å². The van der Waals surface area contributed by atoms with Gasteiger partial charge in [-0.2, -0.15) is 0 Å². The number of carbonyl (C=O) groups excluding carboxylic acids is 2. The van der Waals surface area contributed by atoms with Crippen molar-refractivity contribution in [3.8, 4) is 0 Å². The molecule has 2 amide bonds. The van der Waals surface area contributed by atoms with E-state index < -0.39 is 11.3 Å². The molecular formula is C21H19FN4O2S. The van der Waals surface area contributed by atoms with Gasteiger partial charge in [0, 0.05) is 12.1 Å². The second-order valence-corrected chi connectivity index (χ2v) is 8.13. The number of nitrogens with zero attached hydrogens (tertiary/aromatic N) is 3. The number of amides is 2. The summed E-state index contributed by atoms with van der Waals surface area (Å²) in [4.78, 5) is 35.8. The molecule has 1 N–H and O–H groups in total. The molecule has 4 rings (SSSR count). The van der Waals surface area contributed by atoms with Crippen LogP contribution in [0, 0.1) is 5.82 Å². The van der Waals surface area contributed by atoms with Crippen LogP contribution in [-0.2, 0) is 16.1 Å². The molecule has 0 fully saturated rings. The maximum atomic E-state index is 13.0. The van der Waals surface area contributed by atoms with Crippen molar-refractivity contribution in [1.29, 1.82) is 0 Å². The highest BCUT2D eigenvalue weighted by molar-refractivity contribution is 8.15. The molecule has 2 aliphatic heterocycles. The summed E-state index contributed by atoms with van der Waals surface area (Å²) in [5, 5.41) is 2.80. The molecule has 6 nitrogen and oxygen atoms in total. The fourth-order valence-corrected chi connectivity index (χ4v) is 4.04. The average molecular weight is 410 g/mol. The van der Waals surface area contributed by atoms with Gasteiger partial charge < -0.3 is 5.32 Å². The molecule has 0 bridgehead atoms. The van der Waals surface area contributed by atoms with Crippen LogP contribution in [-0.4, -0.2) is 39.0 Å². The van der Waals surface area contributed by atoms with Crippen LogP contribution in [0.15, 0.2) is 58.5 Å². The van der Waals surface area contributed by atoms with Crippen LogP contribution in [0.3, 0.4) is 0 Å². The number of halogens is 1. The summed E-state index contributed by atoms with van der Waals surface area (Å²) in [6.07, 6.45) is 0. The van der Waals surface area contributed by atoms with Crippen LogP contribution in [0.2, 0.25) is 0 Å². The molecule has 29 heavy (non-hydrogen) atoms. The lowest BCUT2D eigenvalue weighted by Gasteiger charge is -2.26. The highest BCUT2D eigenvalue weighted by Gasteiger charge is 2.40. The van der Waals surface area contributed by atoms with Crippen molar-refractivity contribution < 1.29 is 14.0 Å². The number of hydrogen-bond donors (Lipinski definition) is 1. The number of amidine groups is 2. The van der Waals surface area contributed by atoms with Gasteiger partial charge in [-0.05, 0) is 43.7 Å². The number of benzene rings is 2. The number of fused-ring (bicyclic) bond motifs is 3. The molecule has 0 radical (unpaired) electrons. The SMILES string of the molecule is C[C@@H]1N=C2c3ccccc3N=C(S[C@H](C)C(=O)NCc3ccc(F)cc3)N2C1=O. The lowest BCUT2D eigenvalue weighted by molar-refractivity contribution is -0.124. The van der Waals surface area contributed by atoms with E-state index in [0.717, 1.165) is 16.8 Å². The van der Waals surface area contributed by atoms with Crippen molar-refractivity contribution in [2.24, 2.45) is 9.98 Å². The molecular weight excluding hydrogens is 391 g/mol. The van der Waals surface area contributed by atoms with E-state index in [1.54, 1.807) is 26.0 Å². The van der Waals surface area contributed by atoms with Gasteiger partial charge in [0.2, 0.25) is 5.91 Å². The second kappa shape index (κ2) is 7.79. The third-order valence-corrected chi connectivity index (χ3v) is 5.74. The first-order valence-electron chi connectivity index (χ1n) is 9.22. The van der Waals surface area contributed by atoms with E-state index >= 15 is 0 Å². The number of aliphatic imine (C=N–C) groups is 2. The van der Waals surface area contributed by atoms with Crippen LogP contribution in [0.1, 0.15) is 25.0 Å². The first-order valence-corrected chi connectivity index (χ1v) is 10.1. The fraction of sp³-hybridized carbons (Fsp3) is 0.238. The van der Waals surface area contributed by atoms with Gasteiger partial charge in [0.05, 0.1) is 10.9 Å². The molecule has 2 aromatic carbocycles. The number of thioether (sulfide) groups is 1. The van der Waals surface area contributed by atoms with E-state index in [0.29, 0.717) is 17.5 Å². The van der Waals surface area contributed by atoms with E-state index in [9.17, 15) is 14.0 Å². The normalized spacial score (nSPS) is 18.5. The molecule has 0 spiro atoms. The number of para-hydroxylation sites is 1. The molecule has 0 aromatic heterocycles. The lowest BCUT2D eigenvalue weighted by Crippen LogP contribution is -2.42. The van der Waals surface area contributed by atoms with Gasteiger partial charge in [0.1, 0.15) is 17.7 Å². The topological polar surface area (TPSA) is 74.1 Å². The third-order valence-electron chi connectivity index (χ3n) is 4.69. The van der Waals surface area contributed by atoms with Crippen molar-refractivity contribution in [2.75, 3.05) is 0 Å². The van der Waals surface area contributed by atoms with Gasteiger partial charge in [0.15, 0.2) is 5.17 Å². The molecule has 2 atom stereocenters. The Morgan fingerprint density at radius 1 is 1.24 bits per heavy atom. The summed E-state index contributed by atoms with van der Waals surface area (Å²) in [5.41, 5.74) is 2.34. The number of rotatable bonds is 4. The van der Waals surface area contributed by atoms with Crippen molar-refractivity contribution >= 4 is 40.3 Å². The third kappa shape index (κ3) is 3.80. The Bertz CT molecular complexity index is 1040. The van der Waals surface area contributed by atoms with Crippen molar-refractivity contribution in [3.05, 3.63) is 65.5 Å². The Morgan fingerprint density at radius 3 is 2.72 bits per heavy atom. The summed E-state index contributed by atoms with van der Waals surface area (Å²) in [5.74, 6) is -0.0881. The Hall–Kier alpha value is -3.00. The van der Waals surface area contributed by atoms with Crippen LogP contribution in [0.5, 0.6) is 0 Å². The van der Waals surface area contributed by atoms with E-state index in [1.165, 1.54) is 28.8 Å². The molecule has 0 unspecified atom stereocenters. The van der Waals surface area contributed by atoms with E-state index in [4.69, 9.17) is 0 Å². The summed E-state index contributed by atoms with van der Waals surface area (Å²) in [7, 11) is 0. The molecule has 8 heteroatoms. The van der Waals surface area contributed by atoms with Crippen LogP contribution in [0.4, 0.5) is 10.1 Å². The zero-order chi connectivity index (χ0) is 20.5. The Balaban J connectivity index is 1.49. The summed E-state index contributed by atoms with van der Waals surface area (Å²) < 4.78 is 13.0. The van der Waals surface area contributed by atoms with Crippen LogP contribution in [0.25, 0.3) is 0 Å². The predicted octanol–water partition coefficient (Wildman–Crippen LogP) is 3.24. The molecule has 2 aromatic rings. The Morgan fingerprint density at radius 2 is 1.97 bits per heavy atom. The van der Waals surface area contributed by atoms with Crippen molar-refractivity contribution in [3.63, 3.8) is 0 Å². The van der Waals surface area contributed by atoms with Gasteiger partial charge in [-0.15, -0.1) is 0 Å². The minimum Gasteiger partial charge on any atom is -0.351 e. The zero-order valence-corrected chi connectivity index (χ0v) is 16.7. The summed E-state index contributed by atoms with van der Waals surface area (Å²) >= 11 is 1.21. The van der Waals surface area contributed by atoms with Crippen LogP contribution >= 0.6 is 11.8 Å². The van der Waals surface area contributed by atoms with Gasteiger partial charge in [-0.1, -0.05) is 36.0 Å². The van der Waals surface area contributed by atoms with Crippen molar-refractivity contribution in [2.45, 2.75) is 31.7 Å². The minimum absolute atomic E-state index is 0.153. The van der Waals surface area contributed by atoms with E-state index in [1.807, 2.05) is 24.3 Å². The van der Waals surface area contributed by atoms with Gasteiger partial charge in [0.25, 0.3) is 5.91 Å². The van der Waals surface area contributed by atoms with E-state index in [-0.39, 0.29) is 17.6 Å². The smallest absolute Gasteiger partial charge is 0.258 e. The summed E-state index contributed by atoms with van der Waals surface area (Å²) in [6.45, 7) is 3.80. The quantitative estimate of drug-likeness (QED) is 0.841. The molecule has 0 aliphatic carbocycles. The monoisotopic (exact) mass is 410 g/mol. The summed E-state index contributed by atoms with van der Waals surface area (Å²) in [6, 6.07) is 13.0. The largest absolute Gasteiger partial charge is 0.351 e. The van der Waals surface area contributed by atoms with Gasteiger partial charge in [-0.3, -0.25) is 14.6 Å². The predicted molar refractivity (Wildman–Crippen MR) is 112 cm³/mol. The first-order chi connectivity index (χ1) is 13.9. The molecule has 2 aliphatic rings. The maximum absolute atomic E-state index is 13.0. The van der Waals surface area contributed by atoms with Crippen LogP contribution < -0.4 is 5.32 Å². The average Bonchev–Trinajstić information content (AvgIpc) is 3.02. The highest BCUT2D eigenvalue weighted by Crippen LogP contribution is 2.34. The van der Waals surface area contributed by atoms with E-state index in [2.05, 4.69) is 15.3 Å². The second-order valence-electron chi connectivity index (χ2n) is 6.82. The number of nitrogens with one attached hydrogen (secondary N) is 1. The lowest BCUT2D eigenvalue weighted by atomic mass is 10.1. The van der Waals surface area contributed by atoms with Crippen molar-refractivity contribution in [1.82, 2.24) is 10.2 Å². The fourth-order valence-electron chi connectivity index (χ4n) is 3.10. The maximum Gasteiger partial charge on any atom is 0.258 e. The van der Waals surface area contributed by atoms with Gasteiger partial charge >= 0.3 is 0 Å². The first kappa shape index (κ1) is 19.3. The molecule has 148 valence electrons. The standard InChI is InChI=1S/C21H19FN4O2S/c1-12-20(28)26-18(24-12)16-5-3-4-6-17(16)25-21(26)29-13(2)19(27)23-11-14-7-9-15(22)10-8-14/h3-10,12-13H,11H2,1-2H3,(H,23,27)/t12-,13+/m0/s1. The number of carbonyl (C=O) groups is 2. The molecule has 0 saturated heterocycles. The minimum atomic E-state index is -0.482. The Kier molecular flexibility index (Phi) is 5.19. The van der Waals surface area contributed by atoms with Gasteiger partial charge in [-0.25, -0.2) is 14.3 Å². The zero-order valence-electron chi connectivity index (χ0n) is 15.9. The highest BCUT2D eigenvalue weighted by atomic mass is 32.2. The molecule has 2 heterocycles.